The van der Waals surface area contributed by atoms with Gasteiger partial charge in [-0.15, -0.1) is 0 Å². The van der Waals surface area contributed by atoms with E-state index in [-0.39, 0.29) is 30.5 Å². The van der Waals surface area contributed by atoms with E-state index in [2.05, 4.69) is 5.32 Å². The summed E-state index contributed by atoms with van der Waals surface area (Å²) >= 11 is 5.87. The molecule has 1 aliphatic heterocycles. The zero-order valence-electron chi connectivity index (χ0n) is 11.4. The van der Waals surface area contributed by atoms with Crippen LogP contribution in [0, 0.1) is 5.82 Å². The first-order chi connectivity index (χ1) is 9.37. The summed E-state index contributed by atoms with van der Waals surface area (Å²) < 4.78 is 14.0. The highest BCUT2D eigenvalue weighted by Gasteiger charge is 2.40. The van der Waals surface area contributed by atoms with E-state index >= 15 is 0 Å². The van der Waals surface area contributed by atoms with Crippen LogP contribution in [0.1, 0.15) is 26.7 Å². The van der Waals surface area contributed by atoms with Gasteiger partial charge in [-0.1, -0.05) is 18.5 Å². The number of anilines is 1. The number of hydrogen-bond donors (Lipinski definition) is 1. The van der Waals surface area contributed by atoms with E-state index in [1.54, 1.807) is 13.8 Å². The van der Waals surface area contributed by atoms with Gasteiger partial charge < -0.3 is 10.2 Å². The van der Waals surface area contributed by atoms with E-state index in [0.29, 0.717) is 11.4 Å². The summed E-state index contributed by atoms with van der Waals surface area (Å²) in [6, 6.07) is 4.04. The number of halogens is 2. The van der Waals surface area contributed by atoms with Crippen molar-refractivity contribution >= 4 is 29.1 Å². The van der Waals surface area contributed by atoms with E-state index in [1.165, 1.54) is 23.1 Å². The van der Waals surface area contributed by atoms with E-state index < -0.39 is 11.4 Å². The van der Waals surface area contributed by atoms with Crippen LogP contribution >= 0.6 is 11.6 Å². The maximum atomic E-state index is 14.0. The Morgan fingerprint density at radius 1 is 1.45 bits per heavy atom. The van der Waals surface area contributed by atoms with Crippen molar-refractivity contribution in [3.8, 4) is 0 Å². The number of benzene rings is 1. The summed E-state index contributed by atoms with van der Waals surface area (Å²) in [7, 11) is 0. The predicted molar refractivity (Wildman–Crippen MR) is 75.2 cm³/mol. The smallest absolute Gasteiger partial charge is 0.252 e. The largest absolute Gasteiger partial charge is 0.342 e. The monoisotopic (exact) mass is 298 g/mol. The molecule has 1 aromatic rings. The first kappa shape index (κ1) is 14.8. The van der Waals surface area contributed by atoms with Crippen LogP contribution in [0.5, 0.6) is 0 Å². The number of hydrogen-bond acceptors (Lipinski definition) is 2. The molecular formula is C14H16ClFN2O2. The summed E-state index contributed by atoms with van der Waals surface area (Å²) in [5.74, 6) is -1.07. The second-order valence-electron chi connectivity index (χ2n) is 5.04. The van der Waals surface area contributed by atoms with Gasteiger partial charge in [0.25, 0.3) is 5.91 Å². The van der Waals surface area contributed by atoms with E-state index in [4.69, 9.17) is 11.6 Å². The van der Waals surface area contributed by atoms with Gasteiger partial charge in [0.15, 0.2) is 0 Å². The van der Waals surface area contributed by atoms with Crippen molar-refractivity contribution in [1.29, 1.82) is 0 Å². The van der Waals surface area contributed by atoms with Crippen LogP contribution in [0.2, 0.25) is 5.02 Å². The minimum atomic E-state index is -1.03. The van der Waals surface area contributed by atoms with Crippen LogP contribution in [-0.4, -0.2) is 23.9 Å². The fourth-order valence-corrected chi connectivity index (χ4v) is 2.36. The molecule has 0 aromatic heterocycles. The van der Waals surface area contributed by atoms with Crippen molar-refractivity contribution in [2.24, 2.45) is 0 Å². The lowest BCUT2D eigenvalue weighted by atomic mass is 9.97. The second kappa shape index (κ2) is 5.40. The number of carbonyl (C=O) groups is 2. The summed E-state index contributed by atoms with van der Waals surface area (Å²) in [4.78, 5) is 25.6. The number of rotatable bonds is 2. The molecule has 20 heavy (non-hydrogen) atoms. The molecule has 1 heterocycles. The zero-order chi connectivity index (χ0) is 14.9. The van der Waals surface area contributed by atoms with Crippen LogP contribution in [0.3, 0.4) is 0 Å². The molecule has 1 N–H and O–H groups in total. The van der Waals surface area contributed by atoms with Crippen molar-refractivity contribution < 1.29 is 14.0 Å². The van der Waals surface area contributed by atoms with Gasteiger partial charge in [0.1, 0.15) is 11.4 Å². The third kappa shape index (κ3) is 2.63. The van der Waals surface area contributed by atoms with Crippen LogP contribution in [-0.2, 0) is 9.59 Å². The normalized spacial score (nSPS) is 23.5. The highest BCUT2D eigenvalue weighted by atomic mass is 35.5. The molecule has 0 aliphatic carbocycles. The Balaban J connectivity index is 2.46. The number of carbonyl (C=O) groups excluding carboxylic acids is 2. The molecule has 1 saturated heterocycles. The van der Waals surface area contributed by atoms with Crippen molar-refractivity contribution in [2.75, 3.05) is 11.4 Å². The summed E-state index contributed by atoms with van der Waals surface area (Å²) in [6.07, 6.45) is 0.559. The Morgan fingerprint density at radius 3 is 2.80 bits per heavy atom. The van der Waals surface area contributed by atoms with Gasteiger partial charge >= 0.3 is 0 Å². The Bertz CT molecular complexity index is 564. The first-order valence-electron chi connectivity index (χ1n) is 6.45. The highest BCUT2D eigenvalue weighted by Crippen LogP contribution is 2.28. The molecule has 1 fully saturated rings. The minimum absolute atomic E-state index is 0.110. The average Bonchev–Trinajstić information content (AvgIpc) is 2.52. The maximum Gasteiger partial charge on any atom is 0.252 e. The molecule has 4 nitrogen and oxygen atoms in total. The molecule has 1 aromatic carbocycles. The topological polar surface area (TPSA) is 49.4 Å². The van der Waals surface area contributed by atoms with E-state index in [0.717, 1.165) is 0 Å². The van der Waals surface area contributed by atoms with Gasteiger partial charge in [0.2, 0.25) is 5.91 Å². The summed E-state index contributed by atoms with van der Waals surface area (Å²) in [6.45, 7) is 3.58. The van der Waals surface area contributed by atoms with Crippen LogP contribution in [0.25, 0.3) is 0 Å². The molecule has 1 atom stereocenters. The fourth-order valence-electron chi connectivity index (χ4n) is 2.20. The van der Waals surface area contributed by atoms with Gasteiger partial charge in [-0.05, 0) is 31.5 Å². The van der Waals surface area contributed by atoms with Gasteiger partial charge in [0.05, 0.1) is 5.69 Å². The first-order valence-corrected chi connectivity index (χ1v) is 6.83. The highest BCUT2D eigenvalue weighted by molar-refractivity contribution is 6.31. The van der Waals surface area contributed by atoms with Gasteiger partial charge in [-0.2, -0.15) is 0 Å². The second-order valence-corrected chi connectivity index (χ2v) is 5.47. The molecule has 0 bridgehead atoms. The lowest BCUT2D eigenvalue weighted by Crippen LogP contribution is -2.55. The Kier molecular flexibility index (Phi) is 3.99. The van der Waals surface area contributed by atoms with Gasteiger partial charge in [-0.3, -0.25) is 9.59 Å². The standard InChI is InChI=1S/C14H16ClFN2O2/c1-3-14(2)13(20)18(7-6-12(19)17-14)11-8-9(15)4-5-10(11)16/h4-5,8H,3,6-7H2,1-2H3,(H,17,19). The van der Waals surface area contributed by atoms with Crippen molar-refractivity contribution in [1.82, 2.24) is 5.32 Å². The third-order valence-electron chi connectivity index (χ3n) is 3.60. The Morgan fingerprint density at radius 2 is 2.15 bits per heavy atom. The predicted octanol–water partition coefficient (Wildman–Crippen LogP) is 2.50. The molecule has 2 rings (SSSR count). The summed E-state index contributed by atoms with van der Waals surface area (Å²) in [5, 5.41) is 3.05. The molecule has 2 amide bonds. The third-order valence-corrected chi connectivity index (χ3v) is 3.84. The molecule has 0 saturated carbocycles. The Labute approximate surface area is 121 Å². The molecule has 0 radical (unpaired) electrons. The van der Waals surface area contributed by atoms with E-state index in [1.807, 2.05) is 0 Å². The van der Waals surface area contributed by atoms with Crippen LogP contribution in [0.4, 0.5) is 10.1 Å². The Hall–Kier alpha value is -1.62. The molecule has 1 unspecified atom stereocenters. The minimum Gasteiger partial charge on any atom is -0.342 e. The number of nitrogens with zero attached hydrogens (tertiary/aromatic N) is 1. The van der Waals surface area contributed by atoms with Crippen LogP contribution < -0.4 is 10.2 Å². The lowest BCUT2D eigenvalue weighted by molar-refractivity contribution is -0.129. The van der Waals surface area contributed by atoms with Gasteiger partial charge in [0, 0.05) is 18.0 Å². The number of amides is 2. The fraction of sp³-hybridized carbons (Fsp3) is 0.429. The molecule has 1 aliphatic rings. The van der Waals surface area contributed by atoms with Crippen molar-refractivity contribution in [2.45, 2.75) is 32.2 Å². The zero-order valence-corrected chi connectivity index (χ0v) is 12.1. The maximum absolute atomic E-state index is 14.0. The summed E-state index contributed by atoms with van der Waals surface area (Å²) in [5.41, 5.74) is -0.916. The van der Waals surface area contributed by atoms with Crippen molar-refractivity contribution in [3.63, 3.8) is 0 Å². The quantitative estimate of drug-likeness (QED) is 0.912. The molecule has 0 spiro atoms. The lowest BCUT2D eigenvalue weighted by Gasteiger charge is -2.31. The molecular weight excluding hydrogens is 283 g/mol. The van der Waals surface area contributed by atoms with Crippen molar-refractivity contribution in [3.05, 3.63) is 29.0 Å². The van der Waals surface area contributed by atoms with E-state index in [9.17, 15) is 14.0 Å². The van der Waals surface area contributed by atoms with Crippen LogP contribution in [0.15, 0.2) is 18.2 Å². The molecule has 6 heteroatoms. The van der Waals surface area contributed by atoms with Gasteiger partial charge in [-0.25, -0.2) is 4.39 Å². The SMILES string of the molecule is CCC1(C)NC(=O)CCN(c2cc(Cl)ccc2F)C1=O. The number of nitrogens with one attached hydrogen (secondary N) is 1. The molecule has 108 valence electrons. The average molecular weight is 299 g/mol.